The van der Waals surface area contributed by atoms with Crippen LogP contribution < -0.4 is 0 Å². The molecule has 1 aromatic rings. The van der Waals surface area contributed by atoms with Gasteiger partial charge in [0.2, 0.25) is 5.91 Å². The number of hydrogen-bond donors (Lipinski definition) is 1. The highest BCUT2D eigenvalue weighted by atomic mass is 16.4. The van der Waals surface area contributed by atoms with E-state index in [1.165, 1.54) is 5.56 Å². The molecule has 0 radical (unpaired) electrons. The Kier molecular flexibility index (Phi) is 4.34. The molecule has 25 heavy (non-hydrogen) atoms. The van der Waals surface area contributed by atoms with Gasteiger partial charge >= 0.3 is 5.97 Å². The molecule has 2 bridgehead atoms. The van der Waals surface area contributed by atoms with Gasteiger partial charge in [-0.15, -0.1) is 0 Å². The Balaban J connectivity index is 1.37. The number of hydrogen-bond acceptors (Lipinski definition) is 3. The van der Waals surface area contributed by atoms with Crippen molar-refractivity contribution in [3.8, 4) is 0 Å². The zero-order valence-electron chi connectivity index (χ0n) is 14.3. The summed E-state index contributed by atoms with van der Waals surface area (Å²) < 4.78 is 0. The van der Waals surface area contributed by atoms with Crippen LogP contribution in [0.2, 0.25) is 0 Å². The van der Waals surface area contributed by atoms with Gasteiger partial charge in [0.25, 0.3) is 0 Å². The van der Waals surface area contributed by atoms with Gasteiger partial charge in [0.1, 0.15) is 0 Å². The molecule has 1 saturated carbocycles. The molecule has 132 valence electrons. The third-order valence-corrected chi connectivity index (χ3v) is 5.96. The minimum atomic E-state index is -0.821. The van der Waals surface area contributed by atoms with Crippen LogP contribution in [0.4, 0.5) is 0 Å². The van der Waals surface area contributed by atoms with Gasteiger partial charge in [-0.3, -0.25) is 14.5 Å². The summed E-state index contributed by atoms with van der Waals surface area (Å²) in [7, 11) is 0. The van der Waals surface area contributed by atoms with Gasteiger partial charge in [-0.1, -0.05) is 42.5 Å². The fourth-order valence-electron chi connectivity index (χ4n) is 4.67. The van der Waals surface area contributed by atoms with Crippen molar-refractivity contribution in [3.63, 3.8) is 0 Å². The molecule has 1 amide bonds. The van der Waals surface area contributed by atoms with Gasteiger partial charge in [0, 0.05) is 32.7 Å². The lowest BCUT2D eigenvalue weighted by Crippen LogP contribution is -2.52. The minimum Gasteiger partial charge on any atom is -0.481 e. The van der Waals surface area contributed by atoms with Crippen LogP contribution in [0.5, 0.6) is 0 Å². The average molecular weight is 340 g/mol. The van der Waals surface area contributed by atoms with Crippen LogP contribution in [-0.2, 0) is 16.1 Å². The number of piperazine rings is 1. The molecule has 4 atom stereocenters. The third-order valence-electron chi connectivity index (χ3n) is 5.96. The van der Waals surface area contributed by atoms with Gasteiger partial charge in [-0.2, -0.15) is 0 Å². The van der Waals surface area contributed by atoms with Crippen molar-refractivity contribution >= 4 is 11.9 Å². The maximum atomic E-state index is 13.0. The number of carbonyl (C=O) groups excluding carboxylic acids is 1. The number of carboxylic acids is 1. The summed E-state index contributed by atoms with van der Waals surface area (Å²) in [6.07, 6.45) is 4.87. The van der Waals surface area contributed by atoms with Crippen LogP contribution in [0, 0.1) is 23.7 Å². The maximum Gasteiger partial charge on any atom is 0.307 e. The fraction of sp³-hybridized carbons (Fsp3) is 0.500. The van der Waals surface area contributed by atoms with E-state index < -0.39 is 11.9 Å². The number of fused-ring (bicyclic) bond motifs is 2. The number of allylic oxidation sites excluding steroid dienone is 2. The van der Waals surface area contributed by atoms with Crippen LogP contribution in [0.1, 0.15) is 12.0 Å². The van der Waals surface area contributed by atoms with Crippen molar-refractivity contribution in [2.45, 2.75) is 13.0 Å². The summed E-state index contributed by atoms with van der Waals surface area (Å²) in [6, 6.07) is 10.4. The van der Waals surface area contributed by atoms with Gasteiger partial charge in [-0.25, -0.2) is 0 Å². The first-order valence-electron chi connectivity index (χ1n) is 9.09. The van der Waals surface area contributed by atoms with E-state index in [9.17, 15) is 14.7 Å². The number of nitrogens with zero attached hydrogens (tertiary/aromatic N) is 2. The van der Waals surface area contributed by atoms with Gasteiger partial charge in [0.05, 0.1) is 11.8 Å². The number of amides is 1. The summed E-state index contributed by atoms with van der Waals surface area (Å²) in [5.74, 6) is -1.53. The summed E-state index contributed by atoms with van der Waals surface area (Å²) in [4.78, 5) is 28.9. The average Bonchev–Trinajstić information content (AvgIpc) is 3.24. The lowest BCUT2D eigenvalue weighted by molar-refractivity contribution is -0.151. The zero-order valence-corrected chi connectivity index (χ0v) is 14.3. The highest BCUT2D eigenvalue weighted by Gasteiger charge is 2.52. The monoisotopic (exact) mass is 340 g/mol. The molecule has 5 nitrogen and oxygen atoms in total. The molecule has 1 aliphatic heterocycles. The van der Waals surface area contributed by atoms with Crippen molar-refractivity contribution in [3.05, 3.63) is 48.0 Å². The number of benzene rings is 1. The second-order valence-corrected chi connectivity index (χ2v) is 7.43. The fourth-order valence-corrected chi connectivity index (χ4v) is 4.67. The van der Waals surface area contributed by atoms with E-state index in [2.05, 4.69) is 23.1 Å². The topological polar surface area (TPSA) is 60.9 Å². The molecular formula is C20H24N2O3. The first-order chi connectivity index (χ1) is 12.1. The Morgan fingerprint density at radius 1 is 0.960 bits per heavy atom. The SMILES string of the molecule is O=C(O)[C@@H]1[C@H](C(=O)N2CCN(Cc3ccccc3)CC2)[C@H]2C=C[C@H]1C2. The van der Waals surface area contributed by atoms with Crippen LogP contribution >= 0.6 is 0 Å². The molecule has 1 aromatic carbocycles. The first kappa shape index (κ1) is 16.3. The third kappa shape index (κ3) is 3.09. The number of carbonyl (C=O) groups is 2. The van der Waals surface area contributed by atoms with Crippen LogP contribution in [0.15, 0.2) is 42.5 Å². The van der Waals surface area contributed by atoms with Crippen molar-refractivity contribution in [2.75, 3.05) is 26.2 Å². The van der Waals surface area contributed by atoms with Gasteiger partial charge in [0.15, 0.2) is 0 Å². The normalized spacial score (nSPS) is 31.4. The van der Waals surface area contributed by atoms with Gasteiger partial charge < -0.3 is 10.0 Å². The number of rotatable bonds is 4. The molecule has 2 aliphatic carbocycles. The summed E-state index contributed by atoms with van der Waals surface area (Å²) in [5, 5.41) is 9.55. The summed E-state index contributed by atoms with van der Waals surface area (Å²) >= 11 is 0. The highest BCUT2D eigenvalue weighted by molar-refractivity contribution is 5.87. The minimum absolute atomic E-state index is 0.0378. The Morgan fingerprint density at radius 3 is 2.24 bits per heavy atom. The molecule has 1 heterocycles. The maximum absolute atomic E-state index is 13.0. The van der Waals surface area contributed by atoms with E-state index in [1.54, 1.807) is 0 Å². The molecule has 1 saturated heterocycles. The molecule has 4 rings (SSSR count). The van der Waals surface area contributed by atoms with Crippen LogP contribution in [0.3, 0.4) is 0 Å². The quantitative estimate of drug-likeness (QED) is 0.850. The van der Waals surface area contributed by atoms with Crippen molar-refractivity contribution in [2.24, 2.45) is 23.7 Å². The van der Waals surface area contributed by atoms with Crippen molar-refractivity contribution < 1.29 is 14.7 Å². The molecule has 1 N–H and O–H groups in total. The smallest absolute Gasteiger partial charge is 0.307 e. The first-order valence-corrected chi connectivity index (χ1v) is 9.09. The predicted molar refractivity (Wildman–Crippen MR) is 93.7 cm³/mol. The van der Waals surface area contributed by atoms with Crippen LogP contribution in [0.25, 0.3) is 0 Å². The second-order valence-electron chi connectivity index (χ2n) is 7.43. The number of carboxylic acid groups (broad SMARTS) is 1. The van der Waals surface area contributed by atoms with E-state index >= 15 is 0 Å². The molecule has 0 aromatic heterocycles. The van der Waals surface area contributed by atoms with E-state index in [4.69, 9.17) is 0 Å². The number of aliphatic carboxylic acids is 1. The lowest BCUT2D eigenvalue weighted by atomic mass is 9.82. The van der Waals surface area contributed by atoms with Gasteiger partial charge in [-0.05, 0) is 23.8 Å². The van der Waals surface area contributed by atoms with E-state index in [0.717, 1.165) is 26.1 Å². The lowest BCUT2D eigenvalue weighted by Gasteiger charge is -2.37. The summed E-state index contributed by atoms with van der Waals surface area (Å²) in [5.41, 5.74) is 1.28. The Hall–Kier alpha value is -2.14. The van der Waals surface area contributed by atoms with E-state index in [0.29, 0.717) is 13.1 Å². The molecule has 3 aliphatic rings. The molecule has 0 unspecified atom stereocenters. The van der Waals surface area contributed by atoms with Crippen molar-refractivity contribution in [1.29, 1.82) is 0 Å². The summed E-state index contributed by atoms with van der Waals surface area (Å²) in [6.45, 7) is 3.97. The zero-order chi connectivity index (χ0) is 17.4. The predicted octanol–water partition coefficient (Wildman–Crippen LogP) is 1.85. The van der Waals surface area contributed by atoms with E-state index in [1.807, 2.05) is 29.2 Å². The second kappa shape index (κ2) is 6.64. The molecule has 2 fully saturated rings. The highest BCUT2D eigenvalue weighted by Crippen LogP contribution is 2.48. The molecular weight excluding hydrogens is 316 g/mol. The Labute approximate surface area is 147 Å². The van der Waals surface area contributed by atoms with Crippen molar-refractivity contribution in [1.82, 2.24) is 9.80 Å². The Morgan fingerprint density at radius 2 is 1.60 bits per heavy atom. The molecule has 5 heteroatoms. The largest absolute Gasteiger partial charge is 0.481 e. The molecule has 0 spiro atoms. The van der Waals surface area contributed by atoms with E-state index in [-0.39, 0.29) is 23.7 Å². The standard InChI is InChI=1S/C20H24N2O3/c23-19(17-15-6-7-16(12-15)18(17)20(24)25)22-10-8-21(9-11-22)13-14-4-2-1-3-5-14/h1-7,15-18H,8-13H2,(H,24,25)/t15-,16-,17+,18-/m0/s1. The van der Waals surface area contributed by atoms with Crippen LogP contribution in [-0.4, -0.2) is 53.0 Å². The Bertz CT molecular complexity index is 679.